The molecule has 2 N–H and O–H groups in total. The summed E-state index contributed by atoms with van der Waals surface area (Å²) in [5.41, 5.74) is -0.434. The fraction of sp³-hybridized carbons (Fsp3) is 0.278. The van der Waals surface area contributed by atoms with Gasteiger partial charge in [0.15, 0.2) is 11.6 Å². The van der Waals surface area contributed by atoms with Crippen LogP contribution < -0.4 is 10.6 Å². The van der Waals surface area contributed by atoms with E-state index in [-0.39, 0.29) is 42.6 Å². The first-order chi connectivity index (χ1) is 14.7. The molecule has 2 aromatic carbocycles. The Kier molecular flexibility index (Phi) is 6.77. The molecule has 1 fully saturated rings. The van der Waals surface area contributed by atoms with Gasteiger partial charge in [0.25, 0.3) is 5.69 Å². The lowest BCUT2D eigenvalue weighted by Crippen LogP contribution is -2.40. The van der Waals surface area contributed by atoms with Gasteiger partial charge in [0.2, 0.25) is 15.9 Å². The Hall–Kier alpha value is -3.16. The number of anilines is 2. The molecule has 3 rings (SSSR count). The molecule has 1 saturated heterocycles. The number of carbonyl (C=O) groups is 1. The van der Waals surface area contributed by atoms with Crippen LogP contribution in [0.1, 0.15) is 0 Å². The number of ether oxygens (including phenoxy) is 1. The Morgan fingerprint density at radius 2 is 1.84 bits per heavy atom. The highest BCUT2D eigenvalue weighted by Crippen LogP contribution is 2.29. The molecule has 31 heavy (non-hydrogen) atoms. The van der Waals surface area contributed by atoms with E-state index in [0.29, 0.717) is 0 Å². The van der Waals surface area contributed by atoms with Gasteiger partial charge >= 0.3 is 0 Å². The number of nitro groups is 1. The van der Waals surface area contributed by atoms with Gasteiger partial charge in [0.05, 0.1) is 30.4 Å². The molecule has 0 unspecified atom stereocenters. The van der Waals surface area contributed by atoms with Gasteiger partial charge in [-0.2, -0.15) is 4.31 Å². The summed E-state index contributed by atoms with van der Waals surface area (Å²) >= 11 is 0. The fourth-order valence-corrected chi connectivity index (χ4v) is 4.46. The second-order valence-corrected chi connectivity index (χ2v) is 8.39. The number of nitrogens with one attached hydrogen (secondary N) is 2. The molecule has 0 aromatic heterocycles. The van der Waals surface area contributed by atoms with Crippen molar-refractivity contribution in [3.8, 4) is 0 Å². The van der Waals surface area contributed by atoms with E-state index < -0.39 is 44.7 Å². The summed E-state index contributed by atoms with van der Waals surface area (Å²) in [5, 5.41) is 16.1. The molecule has 0 saturated carbocycles. The van der Waals surface area contributed by atoms with E-state index in [4.69, 9.17) is 4.74 Å². The topological polar surface area (TPSA) is 131 Å². The van der Waals surface area contributed by atoms with E-state index in [1.165, 1.54) is 6.07 Å². The van der Waals surface area contributed by atoms with Crippen LogP contribution in [0.4, 0.5) is 25.8 Å². The summed E-state index contributed by atoms with van der Waals surface area (Å²) in [7, 11) is -4.10. The third-order valence-corrected chi connectivity index (χ3v) is 6.35. The molecule has 1 amide bonds. The number of carbonyl (C=O) groups excluding carboxylic acids is 1. The maximum absolute atomic E-state index is 13.3. The minimum absolute atomic E-state index is 0.00978. The highest BCUT2D eigenvalue weighted by Gasteiger charge is 2.30. The maximum Gasteiger partial charge on any atom is 0.270 e. The minimum atomic E-state index is -4.10. The van der Waals surface area contributed by atoms with Gasteiger partial charge in [-0.3, -0.25) is 14.9 Å². The smallest absolute Gasteiger partial charge is 0.270 e. The van der Waals surface area contributed by atoms with Gasteiger partial charge in [-0.15, -0.1) is 0 Å². The van der Waals surface area contributed by atoms with Gasteiger partial charge in [0.1, 0.15) is 4.90 Å². The molecule has 1 aliphatic rings. The molecule has 2 aromatic rings. The molecule has 166 valence electrons. The Balaban J connectivity index is 1.80. The third kappa shape index (κ3) is 5.31. The summed E-state index contributed by atoms with van der Waals surface area (Å²) < 4.78 is 58.6. The first-order valence-electron chi connectivity index (χ1n) is 9.03. The quantitative estimate of drug-likeness (QED) is 0.481. The van der Waals surface area contributed by atoms with Crippen LogP contribution in [0.5, 0.6) is 0 Å². The molecular weight excluding hydrogens is 438 g/mol. The SMILES string of the molecule is O=C(CNc1ccc([N+](=O)[O-])cc1S(=O)(=O)N1CCOCC1)Nc1ccc(F)c(F)c1. The van der Waals surface area contributed by atoms with Crippen LogP contribution in [0.3, 0.4) is 0 Å². The van der Waals surface area contributed by atoms with Crippen molar-refractivity contribution in [2.45, 2.75) is 4.90 Å². The predicted molar refractivity (Wildman–Crippen MR) is 106 cm³/mol. The summed E-state index contributed by atoms with van der Waals surface area (Å²) in [6.07, 6.45) is 0. The van der Waals surface area contributed by atoms with Gasteiger partial charge in [-0.25, -0.2) is 17.2 Å². The maximum atomic E-state index is 13.3. The lowest BCUT2D eigenvalue weighted by molar-refractivity contribution is -0.385. The van der Waals surface area contributed by atoms with Gasteiger partial charge in [-0.05, 0) is 18.2 Å². The standard InChI is InChI=1S/C18H18F2N4O6S/c19-14-3-1-12(9-15(14)20)22-18(25)11-21-16-4-2-13(24(26)27)10-17(16)31(28,29)23-5-7-30-8-6-23/h1-4,9-10,21H,5-8,11H2,(H,22,25). The normalized spacial score (nSPS) is 14.8. The van der Waals surface area contributed by atoms with Crippen molar-refractivity contribution in [1.82, 2.24) is 4.31 Å². The molecule has 1 heterocycles. The number of non-ortho nitro benzene ring substituents is 1. The van der Waals surface area contributed by atoms with Gasteiger partial charge in [-0.1, -0.05) is 0 Å². The number of amides is 1. The summed E-state index contributed by atoms with van der Waals surface area (Å²) in [6, 6.07) is 6.02. The van der Waals surface area contributed by atoms with Crippen molar-refractivity contribution >= 4 is 33.0 Å². The van der Waals surface area contributed by atoms with E-state index >= 15 is 0 Å². The van der Waals surface area contributed by atoms with Crippen LogP contribution in [0.15, 0.2) is 41.3 Å². The zero-order chi connectivity index (χ0) is 22.6. The molecule has 1 aliphatic heterocycles. The molecular formula is C18H18F2N4O6S. The van der Waals surface area contributed by atoms with Crippen molar-refractivity contribution in [1.29, 1.82) is 0 Å². The van der Waals surface area contributed by atoms with E-state index in [9.17, 15) is 32.1 Å². The van der Waals surface area contributed by atoms with Crippen LogP contribution in [0.2, 0.25) is 0 Å². The molecule has 0 bridgehead atoms. The lowest BCUT2D eigenvalue weighted by atomic mass is 10.2. The van der Waals surface area contributed by atoms with Gasteiger partial charge < -0.3 is 15.4 Å². The third-order valence-electron chi connectivity index (χ3n) is 4.41. The average molecular weight is 456 g/mol. The van der Waals surface area contributed by atoms with Gasteiger partial charge in [0, 0.05) is 37.0 Å². The van der Waals surface area contributed by atoms with Crippen LogP contribution in [0.25, 0.3) is 0 Å². The molecule has 0 aliphatic carbocycles. The highest BCUT2D eigenvalue weighted by molar-refractivity contribution is 7.89. The van der Waals surface area contributed by atoms with Crippen molar-refractivity contribution in [2.24, 2.45) is 0 Å². The van der Waals surface area contributed by atoms with Crippen molar-refractivity contribution in [3.05, 3.63) is 58.1 Å². The van der Waals surface area contributed by atoms with Crippen LogP contribution in [-0.2, 0) is 19.6 Å². The van der Waals surface area contributed by atoms with Crippen LogP contribution in [0, 0.1) is 21.7 Å². The molecule has 13 heteroatoms. The fourth-order valence-electron chi connectivity index (χ4n) is 2.86. The Labute approximate surface area is 176 Å². The average Bonchev–Trinajstić information content (AvgIpc) is 2.75. The number of sulfonamides is 1. The summed E-state index contributed by atoms with van der Waals surface area (Å²) in [6.45, 7) is 0.117. The Morgan fingerprint density at radius 1 is 1.13 bits per heavy atom. The first-order valence-corrected chi connectivity index (χ1v) is 10.5. The van der Waals surface area contributed by atoms with Crippen LogP contribution >= 0.6 is 0 Å². The van der Waals surface area contributed by atoms with E-state index in [2.05, 4.69) is 10.6 Å². The number of morpholine rings is 1. The Morgan fingerprint density at radius 3 is 2.48 bits per heavy atom. The van der Waals surface area contributed by atoms with Crippen molar-refractivity contribution in [3.63, 3.8) is 0 Å². The number of hydrogen-bond donors (Lipinski definition) is 2. The highest BCUT2D eigenvalue weighted by atomic mass is 32.2. The second kappa shape index (κ2) is 9.32. The predicted octanol–water partition coefficient (Wildman–Crippen LogP) is 1.94. The van der Waals surface area contributed by atoms with Crippen molar-refractivity contribution < 1.29 is 31.7 Å². The van der Waals surface area contributed by atoms with Crippen molar-refractivity contribution in [2.75, 3.05) is 43.5 Å². The zero-order valence-electron chi connectivity index (χ0n) is 16.0. The molecule has 0 spiro atoms. The largest absolute Gasteiger partial charge is 0.379 e. The van der Waals surface area contributed by atoms with Crippen LogP contribution in [-0.4, -0.2) is 56.4 Å². The number of benzene rings is 2. The van der Waals surface area contributed by atoms with E-state index in [1.54, 1.807) is 0 Å². The monoisotopic (exact) mass is 456 g/mol. The number of rotatable bonds is 7. The molecule has 10 nitrogen and oxygen atoms in total. The first kappa shape index (κ1) is 22.5. The van der Waals surface area contributed by atoms with E-state index in [0.717, 1.165) is 34.6 Å². The number of nitrogens with zero attached hydrogens (tertiary/aromatic N) is 2. The number of nitro benzene ring substituents is 1. The molecule has 0 radical (unpaired) electrons. The van der Waals surface area contributed by atoms with E-state index in [1.807, 2.05) is 0 Å². The lowest BCUT2D eigenvalue weighted by Gasteiger charge is -2.27. The number of halogens is 2. The number of hydrogen-bond acceptors (Lipinski definition) is 7. The molecule has 0 atom stereocenters. The second-order valence-electron chi connectivity index (χ2n) is 6.48. The zero-order valence-corrected chi connectivity index (χ0v) is 16.8. The minimum Gasteiger partial charge on any atom is -0.379 e. The Bertz CT molecular complexity index is 1110. The summed E-state index contributed by atoms with van der Waals surface area (Å²) in [4.78, 5) is 22.2. The summed E-state index contributed by atoms with van der Waals surface area (Å²) in [5.74, 6) is -2.88.